The van der Waals surface area contributed by atoms with E-state index in [1.807, 2.05) is 0 Å². The third-order valence-corrected chi connectivity index (χ3v) is 2.98. The summed E-state index contributed by atoms with van der Waals surface area (Å²) < 4.78 is 1.23. The van der Waals surface area contributed by atoms with Crippen LogP contribution in [0.25, 0.3) is 0 Å². The van der Waals surface area contributed by atoms with Gasteiger partial charge in [-0.05, 0) is 25.7 Å². The normalized spacial score (nSPS) is 12.0. The minimum atomic E-state index is 1.23. The van der Waals surface area contributed by atoms with Gasteiger partial charge in [0, 0.05) is 0 Å². The average Bonchev–Trinajstić information content (AvgIpc) is 2.13. The molecular weight excluding hydrogens is 170 g/mol. The highest BCUT2D eigenvalue weighted by Gasteiger charge is 2.12. The molecule has 0 heterocycles. The molecular formula is C13H30N+. The molecule has 0 aliphatic heterocycles. The van der Waals surface area contributed by atoms with E-state index in [1.54, 1.807) is 0 Å². The van der Waals surface area contributed by atoms with Crippen LogP contribution in [0.4, 0.5) is 0 Å². The molecule has 0 spiro atoms. The monoisotopic (exact) mass is 200 g/mol. The Labute approximate surface area is 91.1 Å². The summed E-state index contributed by atoms with van der Waals surface area (Å²) in [5, 5.41) is 0. The Morgan fingerprint density at radius 3 is 1.57 bits per heavy atom. The third kappa shape index (κ3) is 8.55. The molecule has 0 radical (unpaired) electrons. The summed E-state index contributed by atoms with van der Waals surface area (Å²) >= 11 is 0. The van der Waals surface area contributed by atoms with Gasteiger partial charge < -0.3 is 4.48 Å². The Kier molecular flexibility index (Phi) is 8.26. The molecule has 0 aromatic carbocycles. The fraction of sp³-hybridized carbons (Fsp3) is 1.00. The molecule has 0 rings (SSSR count). The number of nitrogens with zero attached hydrogens (tertiary/aromatic N) is 1. The average molecular weight is 200 g/mol. The van der Waals surface area contributed by atoms with Crippen molar-refractivity contribution in [3.63, 3.8) is 0 Å². The summed E-state index contributed by atoms with van der Waals surface area (Å²) in [5.41, 5.74) is 0. The lowest BCUT2D eigenvalue weighted by atomic mass is 10.2. The second-order valence-corrected chi connectivity index (χ2v) is 5.15. The van der Waals surface area contributed by atoms with E-state index < -0.39 is 0 Å². The van der Waals surface area contributed by atoms with E-state index >= 15 is 0 Å². The van der Waals surface area contributed by atoms with Crippen LogP contribution in [0.5, 0.6) is 0 Å². The Morgan fingerprint density at radius 2 is 1.07 bits per heavy atom. The number of unbranched alkanes of at least 4 members (excludes halogenated alkanes) is 5. The van der Waals surface area contributed by atoms with Crippen LogP contribution in [0.15, 0.2) is 0 Å². The van der Waals surface area contributed by atoms with E-state index in [1.165, 1.54) is 62.5 Å². The molecule has 86 valence electrons. The van der Waals surface area contributed by atoms with Crippen LogP contribution in [0.3, 0.4) is 0 Å². The van der Waals surface area contributed by atoms with E-state index in [0.29, 0.717) is 0 Å². The molecule has 0 aliphatic carbocycles. The molecule has 0 N–H and O–H groups in total. The van der Waals surface area contributed by atoms with Crippen molar-refractivity contribution in [2.45, 2.75) is 58.8 Å². The van der Waals surface area contributed by atoms with Crippen molar-refractivity contribution in [2.75, 3.05) is 27.2 Å². The van der Waals surface area contributed by atoms with E-state index in [9.17, 15) is 0 Å². The maximum atomic E-state index is 2.38. The second kappa shape index (κ2) is 8.28. The van der Waals surface area contributed by atoms with E-state index in [0.717, 1.165) is 0 Å². The molecule has 1 nitrogen and oxygen atoms in total. The zero-order chi connectivity index (χ0) is 10.9. The Morgan fingerprint density at radius 1 is 0.643 bits per heavy atom. The summed E-state index contributed by atoms with van der Waals surface area (Å²) in [4.78, 5) is 0. The lowest BCUT2D eigenvalue weighted by molar-refractivity contribution is -0.890. The summed E-state index contributed by atoms with van der Waals surface area (Å²) in [5.74, 6) is 0. The molecule has 0 unspecified atom stereocenters. The Balaban J connectivity index is 3.40. The number of quaternary nitrogens is 1. The number of hydrogen-bond acceptors (Lipinski definition) is 0. The minimum absolute atomic E-state index is 1.23. The van der Waals surface area contributed by atoms with Crippen LogP contribution in [0.2, 0.25) is 0 Å². The predicted molar refractivity (Wildman–Crippen MR) is 65.5 cm³/mol. The van der Waals surface area contributed by atoms with E-state index in [4.69, 9.17) is 0 Å². The fourth-order valence-electron chi connectivity index (χ4n) is 1.87. The molecule has 0 saturated heterocycles. The van der Waals surface area contributed by atoms with Gasteiger partial charge in [-0.2, -0.15) is 0 Å². The molecule has 0 atom stereocenters. The van der Waals surface area contributed by atoms with Gasteiger partial charge in [-0.3, -0.25) is 0 Å². The van der Waals surface area contributed by atoms with Gasteiger partial charge in [-0.1, -0.05) is 33.1 Å². The zero-order valence-electron chi connectivity index (χ0n) is 10.8. The lowest BCUT2D eigenvalue weighted by Crippen LogP contribution is -2.41. The third-order valence-electron chi connectivity index (χ3n) is 2.98. The minimum Gasteiger partial charge on any atom is -0.328 e. The maximum Gasteiger partial charge on any atom is 0.0782 e. The van der Waals surface area contributed by atoms with Crippen molar-refractivity contribution < 1.29 is 4.48 Å². The molecule has 0 fully saturated rings. The predicted octanol–water partition coefficient (Wildman–Crippen LogP) is 3.83. The molecule has 14 heavy (non-hydrogen) atoms. The molecule has 0 saturated carbocycles. The quantitative estimate of drug-likeness (QED) is 0.392. The van der Waals surface area contributed by atoms with Crippen LogP contribution in [0.1, 0.15) is 58.8 Å². The first-order valence-electron chi connectivity index (χ1n) is 6.44. The smallest absolute Gasteiger partial charge is 0.0782 e. The SMILES string of the molecule is CCCCCC[N+](C)(C)CCCCC. The Bertz CT molecular complexity index is 118. The summed E-state index contributed by atoms with van der Waals surface area (Å²) in [7, 11) is 4.75. The van der Waals surface area contributed by atoms with Gasteiger partial charge in [-0.25, -0.2) is 0 Å². The zero-order valence-corrected chi connectivity index (χ0v) is 10.8. The van der Waals surface area contributed by atoms with Gasteiger partial charge in [0.25, 0.3) is 0 Å². The first-order chi connectivity index (χ1) is 6.62. The summed E-state index contributed by atoms with van der Waals surface area (Å²) in [6, 6.07) is 0. The van der Waals surface area contributed by atoms with Crippen LogP contribution in [0, 0.1) is 0 Å². The lowest BCUT2D eigenvalue weighted by Gasteiger charge is -2.29. The maximum absolute atomic E-state index is 2.38. The molecule has 0 aromatic rings. The highest BCUT2D eigenvalue weighted by molar-refractivity contribution is 4.42. The van der Waals surface area contributed by atoms with Gasteiger partial charge in [0.1, 0.15) is 0 Å². The van der Waals surface area contributed by atoms with Crippen LogP contribution in [-0.4, -0.2) is 31.7 Å². The van der Waals surface area contributed by atoms with Crippen LogP contribution in [-0.2, 0) is 0 Å². The Hall–Kier alpha value is -0.0400. The molecule has 0 amide bonds. The highest BCUT2D eigenvalue weighted by Crippen LogP contribution is 2.07. The highest BCUT2D eigenvalue weighted by atomic mass is 15.3. The number of rotatable bonds is 9. The number of hydrogen-bond donors (Lipinski definition) is 0. The van der Waals surface area contributed by atoms with Crippen molar-refractivity contribution in [2.24, 2.45) is 0 Å². The van der Waals surface area contributed by atoms with E-state index in [2.05, 4.69) is 27.9 Å². The topological polar surface area (TPSA) is 0 Å². The summed E-state index contributed by atoms with van der Waals surface area (Å²) in [6.45, 7) is 7.28. The van der Waals surface area contributed by atoms with Gasteiger partial charge in [0.2, 0.25) is 0 Å². The summed E-state index contributed by atoms with van der Waals surface area (Å²) in [6.07, 6.45) is 9.74. The van der Waals surface area contributed by atoms with Crippen molar-refractivity contribution in [3.05, 3.63) is 0 Å². The van der Waals surface area contributed by atoms with Crippen molar-refractivity contribution in [3.8, 4) is 0 Å². The van der Waals surface area contributed by atoms with Gasteiger partial charge in [0.15, 0.2) is 0 Å². The van der Waals surface area contributed by atoms with Crippen LogP contribution < -0.4 is 0 Å². The van der Waals surface area contributed by atoms with Crippen LogP contribution >= 0.6 is 0 Å². The molecule has 1 heteroatoms. The second-order valence-electron chi connectivity index (χ2n) is 5.15. The molecule has 0 aromatic heterocycles. The molecule has 0 bridgehead atoms. The fourth-order valence-corrected chi connectivity index (χ4v) is 1.87. The van der Waals surface area contributed by atoms with Crippen molar-refractivity contribution in [1.82, 2.24) is 0 Å². The standard InChI is InChI=1S/C13H30N/c1-5-7-9-11-13-14(3,4)12-10-8-6-2/h5-13H2,1-4H3/q+1. The van der Waals surface area contributed by atoms with Gasteiger partial charge >= 0.3 is 0 Å². The van der Waals surface area contributed by atoms with Crippen molar-refractivity contribution >= 4 is 0 Å². The first kappa shape index (κ1) is 14.0. The largest absolute Gasteiger partial charge is 0.328 e. The van der Waals surface area contributed by atoms with E-state index in [-0.39, 0.29) is 0 Å². The van der Waals surface area contributed by atoms with Gasteiger partial charge in [-0.15, -0.1) is 0 Å². The van der Waals surface area contributed by atoms with Gasteiger partial charge in [0.05, 0.1) is 27.2 Å². The molecule has 0 aliphatic rings. The first-order valence-corrected chi connectivity index (χ1v) is 6.44. The van der Waals surface area contributed by atoms with Crippen molar-refractivity contribution in [1.29, 1.82) is 0 Å².